The molecule has 0 fully saturated rings. The van der Waals surface area contributed by atoms with Gasteiger partial charge in [0.2, 0.25) is 0 Å². The summed E-state index contributed by atoms with van der Waals surface area (Å²) in [5.41, 5.74) is 8.73. The molecule has 0 aliphatic heterocycles. The number of anilines is 1. The Morgan fingerprint density at radius 2 is 1.79 bits per heavy atom. The quantitative estimate of drug-likeness (QED) is 0.386. The Bertz CT molecular complexity index is 485. The molecular formula is C21H36N2O. The number of benzene rings is 1. The summed E-state index contributed by atoms with van der Waals surface area (Å²) in [6.07, 6.45) is 9.51. The van der Waals surface area contributed by atoms with E-state index in [1.165, 1.54) is 37.7 Å². The van der Waals surface area contributed by atoms with E-state index in [-0.39, 0.29) is 5.78 Å². The maximum absolute atomic E-state index is 12.0. The normalized spacial score (nSPS) is 12.2. The summed E-state index contributed by atoms with van der Waals surface area (Å²) >= 11 is 0. The van der Waals surface area contributed by atoms with Crippen molar-refractivity contribution in [2.45, 2.75) is 72.1 Å². The summed E-state index contributed by atoms with van der Waals surface area (Å²) in [5, 5.41) is 3.57. The zero-order chi connectivity index (χ0) is 17.8. The van der Waals surface area contributed by atoms with Crippen LogP contribution in [0.1, 0.15) is 81.6 Å². The maximum Gasteiger partial charge on any atom is 0.160 e. The maximum atomic E-state index is 12.0. The number of carbonyl (C=O) groups excluding carboxylic acids is 1. The molecule has 1 unspecified atom stereocenters. The van der Waals surface area contributed by atoms with Crippen molar-refractivity contribution >= 4 is 11.5 Å². The molecule has 3 heteroatoms. The third-order valence-corrected chi connectivity index (χ3v) is 4.75. The van der Waals surface area contributed by atoms with E-state index in [2.05, 4.69) is 25.2 Å². The number of nitrogens with one attached hydrogen (secondary N) is 1. The van der Waals surface area contributed by atoms with E-state index >= 15 is 0 Å². The topological polar surface area (TPSA) is 55.1 Å². The first kappa shape index (κ1) is 20.7. The molecule has 0 aliphatic carbocycles. The first-order valence-corrected chi connectivity index (χ1v) is 9.66. The smallest absolute Gasteiger partial charge is 0.160 e. The van der Waals surface area contributed by atoms with Crippen molar-refractivity contribution in [3.63, 3.8) is 0 Å². The molecule has 0 aliphatic rings. The van der Waals surface area contributed by atoms with Crippen LogP contribution in [0, 0.1) is 5.92 Å². The van der Waals surface area contributed by atoms with E-state index in [4.69, 9.17) is 5.73 Å². The van der Waals surface area contributed by atoms with Crippen LogP contribution in [0.25, 0.3) is 0 Å². The molecule has 3 nitrogen and oxygen atoms in total. The van der Waals surface area contributed by atoms with E-state index in [0.29, 0.717) is 5.92 Å². The molecule has 136 valence electrons. The van der Waals surface area contributed by atoms with Crippen molar-refractivity contribution < 1.29 is 4.79 Å². The van der Waals surface area contributed by atoms with Crippen LogP contribution >= 0.6 is 0 Å². The van der Waals surface area contributed by atoms with Gasteiger partial charge in [0, 0.05) is 17.8 Å². The SMILES string of the molecule is CCC(C)Cc1c(NCCCCCCCCN)cccc1C(C)=O. The molecule has 1 aromatic rings. The first-order valence-electron chi connectivity index (χ1n) is 9.66. The van der Waals surface area contributed by atoms with Crippen molar-refractivity contribution in [1.29, 1.82) is 0 Å². The minimum absolute atomic E-state index is 0.164. The second-order valence-electron chi connectivity index (χ2n) is 6.94. The van der Waals surface area contributed by atoms with Crippen LogP contribution in [0.3, 0.4) is 0 Å². The Balaban J connectivity index is 2.54. The van der Waals surface area contributed by atoms with Crippen molar-refractivity contribution in [1.82, 2.24) is 0 Å². The average Bonchev–Trinajstić information content (AvgIpc) is 2.57. The Morgan fingerprint density at radius 1 is 1.12 bits per heavy atom. The van der Waals surface area contributed by atoms with Gasteiger partial charge in [-0.25, -0.2) is 0 Å². The molecule has 1 rings (SSSR count). The fourth-order valence-electron chi connectivity index (χ4n) is 2.99. The van der Waals surface area contributed by atoms with Gasteiger partial charge in [0.25, 0.3) is 0 Å². The van der Waals surface area contributed by atoms with E-state index in [9.17, 15) is 4.79 Å². The average molecular weight is 333 g/mol. The largest absolute Gasteiger partial charge is 0.385 e. The highest BCUT2D eigenvalue weighted by atomic mass is 16.1. The summed E-state index contributed by atoms with van der Waals surface area (Å²) in [4.78, 5) is 12.0. The van der Waals surface area contributed by atoms with Gasteiger partial charge in [0.1, 0.15) is 0 Å². The van der Waals surface area contributed by atoms with Gasteiger partial charge in [-0.15, -0.1) is 0 Å². The minimum atomic E-state index is 0.164. The fourth-order valence-corrected chi connectivity index (χ4v) is 2.99. The van der Waals surface area contributed by atoms with Crippen LogP contribution in [-0.4, -0.2) is 18.9 Å². The lowest BCUT2D eigenvalue weighted by Crippen LogP contribution is -2.11. The summed E-state index contributed by atoms with van der Waals surface area (Å²) < 4.78 is 0. The molecular weight excluding hydrogens is 296 g/mol. The van der Waals surface area contributed by atoms with E-state index in [0.717, 1.165) is 43.6 Å². The van der Waals surface area contributed by atoms with Gasteiger partial charge in [0.05, 0.1) is 0 Å². The number of rotatable bonds is 13. The highest BCUT2D eigenvalue weighted by molar-refractivity contribution is 5.97. The Kier molecular flexibility index (Phi) is 10.4. The zero-order valence-corrected chi connectivity index (χ0v) is 15.9. The number of unbranched alkanes of at least 4 members (excludes halogenated alkanes) is 5. The van der Waals surface area contributed by atoms with Crippen LogP contribution < -0.4 is 11.1 Å². The number of carbonyl (C=O) groups is 1. The summed E-state index contributed by atoms with van der Waals surface area (Å²) in [7, 11) is 0. The van der Waals surface area contributed by atoms with Gasteiger partial charge in [-0.05, 0) is 50.3 Å². The number of nitrogens with two attached hydrogens (primary N) is 1. The molecule has 0 radical (unpaired) electrons. The monoisotopic (exact) mass is 332 g/mol. The van der Waals surface area contributed by atoms with Crippen LogP contribution in [0.2, 0.25) is 0 Å². The number of ketones is 1. The molecule has 0 heterocycles. The van der Waals surface area contributed by atoms with E-state index in [1.54, 1.807) is 6.92 Å². The second kappa shape index (κ2) is 12.1. The van der Waals surface area contributed by atoms with Crippen molar-refractivity contribution in [2.75, 3.05) is 18.4 Å². The molecule has 0 saturated heterocycles. The third kappa shape index (κ3) is 7.48. The van der Waals surface area contributed by atoms with Crippen molar-refractivity contribution in [2.24, 2.45) is 11.7 Å². The number of hydrogen-bond donors (Lipinski definition) is 2. The van der Waals surface area contributed by atoms with Gasteiger partial charge >= 0.3 is 0 Å². The molecule has 0 bridgehead atoms. The van der Waals surface area contributed by atoms with Gasteiger partial charge < -0.3 is 11.1 Å². The lowest BCUT2D eigenvalue weighted by atomic mass is 9.92. The predicted molar refractivity (Wildman–Crippen MR) is 105 cm³/mol. The first-order chi connectivity index (χ1) is 11.6. The van der Waals surface area contributed by atoms with Gasteiger partial charge in [-0.1, -0.05) is 58.1 Å². The molecule has 1 aromatic carbocycles. The van der Waals surface area contributed by atoms with Crippen LogP contribution in [0.5, 0.6) is 0 Å². The molecule has 1 atom stereocenters. The van der Waals surface area contributed by atoms with E-state index in [1.807, 2.05) is 12.1 Å². The van der Waals surface area contributed by atoms with Crippen molar-refractivity contribution in [3.8, 4) is 0 Å². The standard InChI is InChI=1S/C21H36N2O/c1-4-17(2)16-20-19(18(3)24)12-11-13-21(20)23-15-10-8-6-5-7-9-14-22/h11-13,17,23H,4-10,14-16,22H2,1-3H3. The summed E-state index contributed by atoms with van der Waals surface area (Å²) in [5.74, 6) is 0.755. The summed E-state index contributed by atoms with van der Waals surface area (Å²) in [6.45, 7) is 7.92. The Hall–Kier alpha value is -1.35. The molecule has 3 N–H and O–H groups in total. The van der Waals surface area contributed by atoms with Crippen LogP contribution in [0.4, 0.5) is 5.69 Å². The third-order valence-electron chi connectivity index (χ3n) is 4.75. The molecule has 0 saturated carbocycles. The molecule has 0 spiro atoms. The molecule has 0 aromatic heterocycles. The second-order valence-corrected chi connectivity index (χ2v) is 6.94. The van der Waals surface area contributed by atoms with Gasteiger partial charge in [-0.3, -0.25) is 4.79 Å². The lowest BCUT2D eigenvalue weighted by Gasteiger charge is -2.18. The van der Waals surface area contributed by atoms with Crippen LogP contribution in [0.15, 0.2) is 18.2 Å². The Labute approximate surface area is 148 Å². The Morgan fingerprint density at radius 3 is 2.42 bits per heavy atom. The van der Waals surface area contributed by atoms with Gasteiger partial charge in [0.15, 0.2) is 5.78 Å². The molecule has 0 amide bonds. The van der Waals surface area contributed by atoms with Crippen molar-refractivity contribution in [3.05, 3.63) is 29.3 Å². The fraction of sp³-hybridized carbons (Fsp3) is 0.667. The highest BCUT2D eigenvalue weighted by Crippen LogP contribution is 2.25. The summed E-state index contributed by atoms with van der Waals surface area (Å²) in [6, 6.07) is 6.07. The highest BCUT2D eigenvalue weighted by Gasteiger charge is 2.14. The van der Waals surface area contributed by atoms with E-state index < -0.39 is 0 Å². The number of Topliss-reactive ketones (excluding diaryl/α,β-unsaturated/α-hetero) is 1. The predicted octanol–water partition coefficient (Wildman–Crippen LogP) is 5.19. The lowest BCUT2D eigenvalue weighted by molar-refractivity contribution is 0.101. The zero-order valence-electron chi connectivity index (χ0n) is 15.9. The number of hydrogen-bond acceptors (Lipinski definition) is 3. The molecule has 24 heavy (non-hydrogen) atoms. The van der Waals surface area contributed by atoms with Crippen LogP contribution in [-0.2, 0) is 6.42 Å². The minimum Gasteiger partial charge on any atom is -0.385 e. The van der Waals surface area contributed by atoms with Gasteiger partial charge in [-0.2, -0.15) is 0 Å².